The summed E-state index contributed by atoms with van der Waals surface area (Å²) in [4.78, 5) is 13.5. The maximum absolute atomic E-state index is 10.4. The minimum Gasteiger partial charge on any atom is -0.453 e. The first-order valence-corrected chi connectivity index (χ1v) is 4.50. The van der Waals surface area contributed by atoms with Crippen molar-refractivity contribution >= 4 is 5.82 Å². The first-order chi connectivity index (χ1) is 7.75. The van der Waals surface area contributed by atoms with Crippen LogP contribution in [0.2, 0.25) is 0 Å². The Morgan fingerprint density at radius 2 is 2.19 bits per heavy atom. The lowest BCUT2D eigenvalue weighted by Gasteiger charge is -2.02. The van der Waals surface area contributed by atoms with Crippen molar-refractivity contribution in [3.8, 4) is 11.5 Å². The van der Waals surface area contributed by atoms with Gasteiger partial charge in [-0.2, -0.15) is 0 Å². The largest absolute Gasteiger partial charge is 0.453 e. The molecule has 5 nitrogen and oxygen atoms in total. The summed E-state index contributed by atoms with van der Waals surface area (Å²) in [6, 6.07) is 12.6. The predicted octanol–water partition coefficient (Wildman–Crippen LogP) is 2.58. The molecule has 0 saturated heterocycles. The Labute approximate surface area is 91.5 Å². The minimum atomic E-state index is -0.555. The number of pyridine rings is 1. The van der Waals surface area contributed by atoms with E-state index in [0.717, 1.165) is 0 Å². The molecule has 0 fully saturated rings. The lowest BCUT2D eigenvalue weighted by Crippen LogP contribution is -1.91. The fourth-order valence-corrected chi connectivity index (χ4v) is 1.12. The SMILES string of the molecule is O=[N+]([O-])c1ccc(Oc2c[c]ccc2)cn1. The Balaban J connectivity index is 2.14. The van der Waals surface area contributed by atoms with Crippen LogP contribution in [0.4, 0.5) is 5.82 Å². The van der Waals surface area contributed by atoms with E-state index in [1.54, 1.807) is 24.3 Å². The number of aromatic nitrogens is 1. The minimum absolute atomic E-state index is 0.202. The van der Waals surface area contributed by atoms with Gasteiger partial charge >= 0.3 is 5.82 Å². The van der Waals surface area contributed by atoms with Gasteiger partial charge < -0.3 is 14.9 Å². The number of hydrogen-bond acceptors (Lipinski definition) is 4. The van der Waals surface area contributed by atoms with Gasteiger partial charge in [0.15, 0.2) is 11.9 Å². The molecule has 1 aromatic carbocycles. The summed E-state index contributed by atoms with van der Waals surface area (Å²) in [6.07, 6.45) is 1.31. The first kappa shape index (κ1) is 10.1. The van der Waals surface area contributed by atoms with E-state index in [9.17, 15) is 10.1 Å². The van der Waals surface area contributed by atoms with Gasteiger partial charge in [0.2, 0.25) is 0 Å². The first-order valence-electron chi connectivity index (χ1n) is 4.50. The molecule has 0 bridgehead atoms. The fraction of sp³-hybridized carbons (Fsp3) is 0. The van der Waals surface area contributed by atoms with Crippen molar-refractivity contribution in [3.63, 3.8) is 0 Å². The fourth-order valence-electron chi connectivity index (χ4n) is 1.12. The molecular weight excluding hydrogens is 208 g/mol. The summed E-state index contributed by atoms with van der Waals surface area (Å²) in [7, 11) is 0. The van der Waals surface area contributed by atoms with Crippen molar-refractivity contribution in [1.29, 1.82) is 0 Å². The summed E-state index contributed by atoms with van der Waals surface area (Å²) in [6.45, 7) is 0. The van der Waals surface area contributed by atoms with Crippen LogP contribution in [0.5, 0.6) is 11.5 Å². The van der Waals surface area contributed by atoms with E-state index in [1.165, 1.54) is 18.3 Å². The Morgan fingerprint density at radius 3 is 2.75 bits per heavy atom. The summed E-state index contributed by atoms with van der Waals surface area (Å²) in [5.41, 5.74) is 0. The van der Waals surface area contributed by atoms with Crippen molar-refractivity contribution in [2.45, 2.75) is 0 Å². The molecule has 0 N–H and O–H groups in total. The summed E-state index contributed by atoms with van der Waals surface area (Å²) in [5, 5.41) is 10.4. The topological polar surface area (TPSA) is 65.3 Å². The summed E-state index contributed by atoms with van der Waals surface area (Å²) < 4.78 is 5.40. The van der Waals surface area contributed by atoms with Crippen molar-refractivity contribution in [2.24, 2.45) is 0 Å². The van der Waals surface area contributed by atoms with Gasteiger partial charge in [-0.1, -0.05) is 12.1 Å². The number of benzene rings is 1. The predicted molar refractivity (Wildman–Crippen MR) is 56.2 cm³/mol. The molecular formula is C11H7N2O3. The van der Waals surface area contributed by atoms with Gasteiger partial charge in [-0.05, 0) is 34.2 Å². The van der Waals surface area contributed by atoms with E-state index < -0.39 is 4.92 Å². The molecule has 0 aliphatic heterocycles. The molecule has 1 radical (unpaired) electrons. The van der Waals surface area contributed by atoms with Crippen LogP contribution in [0, 0.1) is 16.2 Å². The van der Waals surface area contributed by atoms with Gasteiger partial charge in [0.05, 0.1) is 0 Å². The van der Waals surface area contributed by atoms with Crippen LogP contribution in [0.15, 0.2) is 42.6 Å². The third-order valence-electron chi connectivity index (χ3n) is 1.82. The second-order valence-electron chi connectivity index (χ2n) is 2.95. The Kier molecular flexibility index (Phi) is 2.77. The van der Waals surface area contributed by atoms with E-state index in [2.05, 4.69) is 11.1 Å². The van der Waals surface area contributed by atoms with Crippen LogP contribution >= 0.6 is 0 Å². The molecule has 1 heterocycles. The van der Waals surface area contributed by atoms with E-state index in [4.69, 9.17) is 4.74 Å². The number of rotatable bonds is 3. The zero-order valence-corrected chi connectivity index (χ0v) is 8.16. The highest BCUT2D eigenvalue weighted by atomic mass is 16.6. The molecule has 2 aromatic rings. The van der Waals surface area contributed by atoms with Crippen molar-refractivity contribution in [2.75, 3.05) is 0 Å². The zero-order valence-electron chi connectivity index (χ0n) is 8.16. The van der Waals surface area contributed by atoms with Crippen molar-refractivity contribution < 1.29 is 9.66 Å². The molecule has 0 aliphatic rings. The van der Waals surface area contributed by atoms with E-state index in [-0.39, 0.29) is 5.82 Å². The number of nitrogens with zero attached hydrogens (tertiary/aromatic N) is 2. The van der Waals surface area contributed by atoms with E-state index in [1.807, 2.05) is 0 Å². The van der Waals surface area contributed by atoms with Crippen LogP contribution in [0.3, 0.4) is 0 Å². The number of hydrogen-bond donors (Lipinski definition) is 0. The highest BCUT2D eigenvalue weighted by Gasteiger charge is 2.06. The van der Waals surface area contributed by atoms with Crippen LogP contribution in [0.1, 0.15) is 0 Å². The third kappa shape index (κ3) is 2.33. The molecule has 0 atom stereocenters. The molecule has 16 heavy (non-hydrogen) atoms. The van der Waals surface area contributed by atoms with Crippen molar-refractivity contribution in [3.05, 3.63) is 58.8 Å². The standard InChI is InChI=1S/C11H7N2O3/c14-13(15)11-7-6-10(8-12-11)16-9-4-2-1-3-5-9/h1-2,4-8H. The molecule has 79 valence electrons. The highest BCUT2D eigenvalue weighted by Crippen LogP contribution is 2.20. The number of ether oxygens (including phenoxy) is 1. The molecule has 5 heteroatoms. The van der Waals surface area contributed by atoms with Gasteiger partial charge in [-0.25, -0.2) is 0 Å². The average molecular weight is 215 g/mol. The smallest absolute Gasteiger partial charge is 0.363 e. The van der Waals surface area contributed by atoms with Crippen LogP contribution < -0.4 is 4.74 Å². The molecule has 0 spiro atoms. The molecule has 0 saturated carbocycles. The van der Waals surface area contributed by atoms with Gasteiger partial charge in [0, 0.05) is 6.07 Å². The highest BCUT2D eigenvalue weighted by molar-refractivity contribution is 5.31. The van der Waals surface area contributed by atoms with E-state index in [0.29, 0.717) is 11.5 Å². The van der Waals surface area contributed by atoms with Crippen molar-refractivity contribution in [1.82, 2.24) is 4.98 Å². The lowest BCUT2D eigenvalue weighted by molar-refractivity contribution is -0.389. The molecule has 1 aromatic heterocycles. The average Bonchev–Trinajstić information content (AvgIpc) is 2.31. The molecule has 2 rings (SSSR count). The Bertz CT molecular complexity index is 482. The Morgan fingerprint density at radius 1 is 1.31 bits per heavy atom. The van der Waals surface area contributed by atoms with Crippen LogP contribution in [-0.2, 0) is 0 Å². The second kappa shape index (κ2) is 4.39. The molecule has 0 amide bonds. The van der Waals surface area contributed by atoms with Gasteiger partial charge in [0.1, 0.15) is 5.75 Å². The van der Waals surface area contributed by atoms with Gasteiger partial charge in [-0.15, -0.1) is 0 Å². The quantitative estimate of drug-likeness (QED) is 0.583. The van der Waals surface area contributed by atoms with Crippen LogP contribution in [0.25, 0.3) is 0 Å². The zero-order chi connectivity index (χ0) is 11.4. The Hall–Kier alpha value is -2.43. The van der Waals surface area contributed by atoms with Crippen LogP contribution in [-0.4, -0.2) is 9.91 Å². The normalized spacial score (nSPS) is 9.75. The maximum Gasteiger partial charge on any atom is 0.363 e. The lowest BCUT2D eigenvalue weighted by atomic mass is 10.3. The maximum atomic E-state index is 10.4. The van der Waals surface area contributed by atoms with E-state index >= 15 is 0 Å². The number of nitro groups is 1. The second-order valence-corrected chi connectivity index (χ2v) is 2.95. The monoisotopic (exact) mass is 215 g/mol. The summed E-state index contributed by atoms with van der Waals surface area (Å²) >= 11 is 0. The van der Waals surface area contributed by atoms with Gasteiger partial charge in [0.25, 0.3) is 0 Å². The molecule has 0 aliphatic carbocycles. The van der Waals surface area contributed by atoms with Gasteiger partial charge in [-0.3, -0.25) is 0 Å². The third-order valence-corrected chi connectivity index (χ3v) is 1.82. The summed E-state index contributed by atoms with van der Waals surface area (Å²) in [5.74, 6) is 0.857. The molecule has 0 unspecified atom stereocenters.